The van der Waals surface area contributed by atoms with Gasteiger partial charge in [0.15, 0.2) is 0 Å². The molecule has 0 heterocycles. The summed E-state index contributed by atoms with van der Waals surface area (Å²) in [6.45, 7) is 7.15. The van der Waals surface area contributed by atoms with Crippen molar-refractivity contribution in [2.75, 3.05) is 0 Å². The quantitative estimate of drug-likeness (QED) is 0.710. The highest BCUT2D eigenvalue weighted by Gasteiger charge is 2.23. The Hall–Kier alpha value is -0.860. The van der Waals surface area contributed by atoms with Gasteiger partial charge in [0.1, 0.15) is 13.1 Å². The molecule has 26 heavy (non-hydrogen) atoms. The van der Waals surface area contributed by atoms with Gasteiger partial charge in [-0.2, -0.15) is 0 Å². The number of hydrogen-bond acceptors (Lipinski definition) is 0. The average Bonchev–Trinajstić information content (AvgIpc) is 2.72. The maximum atomic E-state index is 2.57. The fourth-order valence-electron chi connectivity index (χ4n) is 5.16. The first kappa shape index (κ1) is 19.9. The van der Waals surface area contributed by atoms with Crippen molar-refractivity contribution in [3.63, 3.8) is 0 Å². The molecule has 2 aliphatic carbocycles. The molecule has 3 rings (SSSR count). The predicted molar refractivity (Wildman–Crippen MR) is 110 cm³/mol. The second-order valence-corrected chi connectivity index (χ2v) is 9.21. The molecule has 2 fully saturated rings. The van der Waals surface area contributed by atoms with Crippen LogP contribution in [0, 0.1) is 11.8 Å². The molecule has 0 bridgehead atoms. The van der Waals surface area contributed by atoms with E-state index in [-0.39, 0.29) is 0 Å². The van der Waals surface area contributed by atoms with E-state index in [1.807, 2.05) is 0 Å². The van der Waals surface area contributed by atoms with E-state index in [0.717, 1.165) is 37.0 Å². The second kappa shape index (κ2) is 10.5. The summed E-state index contributed by atoms with van der Waals surface area (Å²) in [6, 6.07) is 11.0. The van der Waals surface area contributed by atoms with Crippen LogP contribution in [-0.2, 0) is 13.1 Å². The van der Waals surface area contributed by atoms with Crippen LogP contribution in [0.15, 0.2) is 24.3 Å². The van der Waals surface area contributed by atoms with Gasteiger partial charge in [-0.1, -0.05) is 62.8 Å². The van der Waals surface area contributed by atoms with Crippen molar-refractivity contribution >= 4 is 0 Å². The molecule has 2 aliphatic rings. The van der Waals surface area contributed by atoms with Gasteiger partial charge in [0, 0.05) is 23.0 Å². The molecule has 0 unspecified atom stereocenters. The zero-order valence-electron chi connectivity index (χ0n) is 17.3. The molecular weight excluding hydrogens is 316 g/mol. The third-order valence-corrected chi connectivity index (χ3v) is 7.26. The van der Waals surface area contributed by atoms with E-state index in [1.54, 1.807) is 0 Å². The molecule has 4 N–H and O–H groups in total. The van der Waals surface area contributed by atoms with E-state index < -0.39 is 0 Å². The molecule has 0 aromatic heterocycles. The van der Waals surface area contributed by atoms with Crippen LogP contribution in [0.4, 0.5) is 0 Å². The summed E-state index contributed by atoms with van der Waals surface area (Å²) in [5, 5.41) is 5.14. The average molecular weight is 359 g/mol. The molecule has 0 amide bonds. The molecule has 2 saturated carbocycles. The minimum Gasteiger partial charge on any atom is -0.340 e. The summed E-state index contributed by atoms with van der Waals surface area (Å²) in [6.07, 6.45) is 14.5. The first-order valence-electron chi connectivity index (χ1n) is 11.5. The minimum atomic E-state index is 0.777. The molecule has 0 saturated heterocycles. The largest absolute Gasteiger partial charge is 0.340 e. The lowest BCUT2D eigenvalue weighted by Gasteiger charge is -2.26. The van der Waals surface area contributed by atoms with Gasteiger partial charge in [-0.25, -0.2) is 0 Å². The first-order chi connectivity index (χ1) is 12.7. The van der Waals surface area contributed by atoms with Gasteiger partial charge in [0.25, 0.3) is 0 Å². The van der Waals surface area contributed by atoms with Gasteiger partial charge in [0.05, 0.1) is 12.1 Å². The predicted octanol–water partition coefficient (Wildman–Crippen LogP) is 3.75. The van der Waals surface area contributed by atoms with Gasteiger partial charge in [-0.3, -0.25) is 0 Å². The van der Waals surface area contributed by atoms with Crippen molar-refractivity contribution < 1.29 is 10.6 Å². The highest BCUT2D eigenvalue weighted by molar-refractivity contribution is 5.21. The SMILES string of the molecule is C[C@H]([NH2+]Cc1ccc(C[NH2+][C@@H](C)C2CCCCC2)cc1)C1CCCCC1. The van der Waals surface area contributed by atoms with E-state index in [9.17, 15) is 0 Å². The Kier molecular flexibility index (Phi) is 8.01. The molecule has 146 valence electrons. The van der Waals surface area contributed by atoms with Crippen LogP contribution in [0.1, 0.15) is 89.2 Å². The number of benzene rings is 1. The van der Waals surface area contributed by atoms with Crippen LogP contribution in [0.25, 0.3) is 0 Å². The van der Waals surface area contributed by atoms with Crippen LogP contribution < -0.4 is 10.6 Å². The number of rotatable bonds is 8. The van der Waals surface area contributed by atoms with Gasteiger partial charge >= 0.3 is 0 Å². The monoisotopic (exact) mass is 358 g/mol. The van der Waals surface area contributed by atoms with Crippen molar-refractivity contribution in [3.05, 3.63) is 35.4 Å². The first-order valence-corrected chi connectivity index (χ1v) is 11.5. The Labute approximate surface area is 161 Å². The third kappa shape index (κ3) is 6.09. The van der Waals surface area contributed by atoms with Crippen molar-refractivity contribution in [1.82, 2.24) is 0 Å². The normalized spacial score (nSPS) is 22.2. The molecule has 0 aliphatic heterocycles. The van der Waals surface area contributed by atoms with Crippen LogP contribution in [0.5, 0.6) is 0 Å². The minimum absolute atomic E-state index is 0.777. The van der Waals surface area contributed by atoms with Crippen LogP contribution in [-0.4, -0.2) is 12.1 Å². The fourth-order valence-corrected chi connectivity index (χ4v) is 5.16. The Morgan fingerprint density at radius 2 is 1.00 bits per heavy atom. The summed E-state index contributed by atoms with van der Waals surface area (Å²) < 4.78 is 0. The molecule has 1 aromatic rings. The lowest BCUT2D eigenvalue weighted by Crippen LogP contribution is -2.89. The zero-order chi connectivity index (χ0) is 18.2. The molecule has 0 spiro atoms. The Morgan fingerprint density at radius 1 is 0.654 bits per heavy atom. The van der Waals surface area contributed by atoms with E-state index in [2.05, 4.69) is 48.7 Å². The summed E-state index contributed by atoms with van der Waals surface area (Å²) in [4.78, 5) is 0. The van der Waals surface area contributed by atoms with E-state index in [4.69, 9.17) is 0 Å². The van der Waals surface area contributed by atoms with E-state index in [0.29, 0.717) is 0 Å². The van der Waals surface area contributed by atoms with Crippen molar-refractivity contribution in [2.24, 2.45) is 11.8 Å². The van der Waals surface area contributed by atoms with Crippen molar-refractivity contribution in [1.29, 1.82) is 0 Å². The van der Waals surface area contributed by atoms with E-state index in [1.165, 1.54) is 75.3 Å². The van der Waals surface area contributed by atoms with Crippen molar-refractivity contribution in [3.8, 4) is 0 Å². The number of nitrogens with two attached hydrogens (primary N) is 2. The lowest BCUT2D eigenvalue weighted by molar-refractivity contribution is -0.708. The number of hydrogen-bond donors (Lipinski definition) is 2. The second-order valence-electron chi connectivity index (χ2n) is 9.21. The van der Waals surface area contributed by atoms with Gasteiger partial charge in [-0.05, 0) is 39.5 Å². The molecule has 1 aromatic carbocycles. The van der Waals surface area contributed by atoms with Gasteiger partial charge in [-0.15, -0.1) is 0 Å². The zero-order valence-corrected chi connectivity index (χ0v) is 17.3. The highest BCUT2D eigenvalue weighted by atomic mass is 14.9. The summed E-state index contributed by atoms with van der Waals surface area (Å²) in [5.74, 6) is 1.89. The summed E-state index contributed by atoms with van der Waals surface area (Å²) in [5.41, 5.74) is 2.97. The smallest absolute Gasteiger partial charge is 0.101 e. The fraction of sp³-hybridized carbons (Fsp3) is 0.750. The topological polar surface area (TPSA) is 33.2 Å². The summed E-state index contributed by atoms with van der Waals surface area (Å²) >= 11 is 0. The lowest BCUT2D eigenvalue weighted by atomic mass is 9.84. The summed E-state index contributed by atoms with van der Waals surface area (Å²) in [7, 11) is 0. The van der Waals surface area contributed by atoms with Gasteiger partial charge in [0.2, 0.25) is 0 Å². The standard InChI is InChI=1S/C24H40N2/c1-19(23-9-5-3-6-10-23)25-17-21-13-15-22(16-14-21)18-26-20(2)24-11-7-4-8-12-24/h13-16,19-20,23-26H,3-12,17-18H2,1-2H3/p+2/t19-,20-/m0/s1. The number of quaternary nitrogens is 2. The van der Waals surface area contributed by atoms with Crippen LogP contribution in [0.3, 0.4) is 0 Å². The molecule has 2 nitrogen and oxygen atoms in total. The highest BCUT2D eigenvalue weighted by Crippen LogP contribution is 2.25. The molecule has 2 heteroatoms. The third-order valence-electron chi connectivity index (χ3n) is 7.26. The van der Waals surface area contributed by atoms with Crippen LogP contribution in [0.2, 0.25) is 0 Å². The van der Waals surface area contributed by atoms with E-state index >= 15 is 0 Å². The molecule has 0 radical (unpaired) electrons. The maximum absolute atomic E-state index is 2.57. The van der Waals surface area contributed by atoms with Crippen molar-refractivity contribution in [2.45, 2.75) is 103 Å². The Bertz CT molecular complexity index is 450. The molecular formula is C24H42N2+2. The van der Waals surface area contributed by atoms with Gasteiger partial charge < -0.3 is 10.6 Å². The molecule has 2 atom stereocenters. The van der Waals surface area contributed by atoms with Crippen LogP contribution >= 0.6 is 0 Å². The maximum Gasteiger partial charge on any atom is 0.101 e. The Balaban J connectivity index is 1.38. The Morgan fingerprint density at radius 3 is 1.35 bits per heavy atom.